The first-order valence-corrected chi connectivity index (χ1v) is 12.4. The Kier molecular flexibility index (Phi) is 8.63. The van der Waals surface area contributed by atoms with E-state index >= 15 is 0 Å². The van der Waals surface area contributed by atoms with Crippen molar-refractivity contribution in [3.8, 4) is 5.75 Å². The van der Waals surface area contributed by atoms with Crippen LogP contribution in [0.1, 0.15) is 30.6 Å². The molecular weight excluding hydrogens is 462 g/mol. The number of aliphatic hydroxyl groups excluding tert-OH is 1. The monoisotopic (exact) mass is 487 g/mol. The summed E-state index contributed by atoms with van der Waals surface area (Å²) in [6, 6.07) is 19.7. The standard InChI is InChI=1S/C25H26ClNO5S/c1-2-25(29)32-21-9-11-22(12-10-21)33(30,31)23-8-3-5-18(15-23)13-14-27-17-24(28)19-6-4-7-20(26)16-19/h3-12,15-16,24,27-28H,2,13-14,17H2,1H3/t24-/m1/s1. The van der Waals surface area contributed by atoms with Gasteiger partial charge in [-0.2, -0.15) is 0 Å². The smallest absolute Gasteiger partial charge is 0.310 e. The van der Waals surface area contributed by atoms with Gasteiger partial charge in [0.05, 0.1) is 15.9 Å². The van der Waals surface area contributed by atoms with E-state index in [-0.39, 0.29) is 22.2 Å². The fourth-order valence-electron chi connectivity index (χ4n) is 3.20. The minimum absolute atomic E-state index is 0.124. The minimum atomic E-state index is -3.71. The SMILES string of the molecule is CCC(=O)Oc1ccc(S(=O)(=O)c2cccc(CCNC[C@@H](O)c3cccc(Cl)c3)c2)cc1. The van der Waals surface area contributed by atoms with E-state index in [2.05, 4.69) is 5.32 Å². The van der Waals surface area contributed by atoms with Crippen LogP contribution in [0.15, 0.2) is 82.6 Å². The summed E-state index contributed by atoms with van der Waals surface area (Å²) in [5, 5.41) is 14.0. The highest BCUT2D eigenvalue weighted by molar-refractivity contribution is 7.91. The molecule has 0 fully saturated rings. The molecule has 0 bridgehead atoms. The van der Waals surface area contributed by atoms with Crippen LogP contribution in [0.2, 0.25) is 5.02 Å². The minimum Gasteiger partial charge on any atom is -0.427 e. The summed E-state index contributed by atoms with van der Waals surface area (Å²) in [6.45, 7) is 2.61. The first-order valence-electron chi connectivity index (χ1n) is 10.6. The van der Waals surface area contributed by atoms with Crippen molar-refractivity contribution >= 4 is 27.4 Å². The summed E-state index contributed by atoms with van der Waals surface area (Å²) in [4.78, 5) is 11.7. The highest BCUT2D eigenvalue weighted by Gasteiger charge is 2.18. The van der Waals surface area contributed by atoms with E-state index < -0.39 is 15.9 Å². The molecule has 0 aliphatic rings. The highest BCUT2D eigenvalue weighted by Crippen LogP contribution is 2.24. The number of halogens is 1. The van der Waals surface area contributed by atoms with Gasteiger partial charge in [-0.3, -0.25) is 4.79 Å². The molecule has 3 rings (SSSR count). The second kappa shape index (κ2) is 11.4. The zero-order valence-electron chi connectivity index (χ0n) is 18.2. The first kappa shape index (κ1) is 24.9. The number of rotatable bonds is 10. The molecule has 0 aliphatic heterocycles. The molecule has 33 heavy (non-hydrogen) atoms. The van der Waals surface area contributed by atoms with E-state index in [1.165, 1.54) is 24.3 Å². The van der Waals surface area contributed by atoms with Gasteiger partial charge in [0.25, 0.3) is 0 Å². The quantitative estimate of drug-likeness (QED) is 0.251. The van der Waals surface area contributed by atoms with Crippen LogP contribution < -0.4 is 10.1 Å². The summed E-state index contributed by atoms with van der Waals surface area (Å²) in [5.74, 6) is -0.0763. The lowest BCUT2D eigenvalue weighted by Gasteiger charge is -2.13. The molecule has 0 spiro atoms. The molecule has 2 N–H and O–H groups in total. The number of benzene rings is 3. The van der Waals surface area contributed by atoms with Crippen LogP contribution in [0.25, 0.3) is 0 Å². The van der Waals surface area contributed by atoms with Gasteiger partial charge >= 0.3 is 5.97 Å². The molecule has 0 unspecified atom stereocenters. The van der Waals surface area contributed by atoms with Crippen LogP contribution in [0.5, 0.6) is 5.75 Å². The number of hydrogen-bond donors (Lipinski definition) is 2. The third-order valence-electron chi connectivity index (χ3n) is 5.02. The van der Waals surface area contributed by atoms with Gasteiger partial charge in [-0.05, 0) is 72.6 Å². The van der Waals surface area contributed by atoms with Crippen LogP contribution in [0.4, 0.5) is 0 Å². The van der Waals surface area contributed by atoms with Crippen molar-refractivity contribution in [2.24, 2.45) is 0 Å². The van der Waals surface area contributed by atoms with Gasteiger partial charge in [-0.1, -0.05) is 42.8 Å². The predicted octanol–water partition coefficient (Wildman–Crippen LogP) is 4.35. The van der Waals surface area contributed by atoms with E-state index in [1.54, 1.807) is 43.3 Å². The molecule has 6 nitrogen and oxygen atoms in total. The zero-order valence-corrected chi connectivity index (χ0v) is 19.8. The first-order chi connectivity index (χ1) is 15.8. The maximum absolute atomic E-state index is 13.0. The largest absolute Gasteiger partial charge is 0.427 e. The fourth-order valence-corrected chi connectivity index (χ4v) is 4.73. The van der Waals surface area contributed by atoms with Crippen molar-refractivity contribution in [3.63, 3.8) is 0 Å². The zero-order chi connectivity index (χ0) is 23.8. The number of carbonyl (C=O) groups is 1. The Morgan fingerprint density at radius 2 is 1.76 bits per heavy atom. The van der Waals surface area contributed by atoms with Crippen molar-refractivity contribution in [1.29, 1.82) is 0 Å². The van der Waals surface area contributed by atoms with Crippen LogP contribution in [0, 0.1) is 0 Å². The lowest BCUT2D eigenvalue weighted by molar-refractivity contribution is -0.134. The van der Waals surface area contributed by atoms with Crippen LogP contribution in [0.3, 0.4) is 0 Å². The molecule has 3 aromatic carbocycles. The van der Waals surface area contributed by atoms with E-state index in [0.717, 1.165) is 11.1 Å². The summed E-state index contributed by atoms with van der Waals surface area (Å²) in [7, 11) is -3.71. The van der Waals surface area contributed by atoms with Crippen molar-refractivity contribution in [3.05, 3.63) is 88.9 Å². The Morgan fingerprint density at radius 3 is 2.45 bits per heavy atom. The van der Waals surface area contributed by atoms with E-state index in [4.69, 9.17) is 16.3 Å². The van der Waals surface area contributed by atoms with Gasteiger partial charge in [0.2, 0.25) is 9.84 Å². The second-order valence-corrected chi connectivity index (χ2v) is 9.86. The predicted molar refractivity (Wildman–Crippen MR) is 127 cm³/mol. The number of esters is 1. The molecule has 0 amide bonds. The number of ether oxygens (including phenoxy) is 1. The molecule has 0 aromatic heterocycles. The molecule has 0 saturated carbocycles. The molecule has 0 aliphatic carbocycles. The van der Waals surface area contributed by atoms with Crippen LogP contribution in [-0.2, 0) is 21.1 Å². The number of aliphatic hydroxyl groups is 1. The third-order valence-corrected chi connectivity index (χ3v) is 7.03. The van der Waals surface area contributed by atoms with Crippen molar-refractivity contribution in [2.45, 2.75) is 35.7 Å². The average molecular weight is 488 g/mol. The summed E-state index contributed by atoms with van der Waals surface area (Å²) < 4.78 is 31.1. The van der Waals surface area contributed by atoms with E-state index in [9.17, 15) is 18.3 Å². The molecule has 0 saturated heterocycles. The van der Waals surface area contributed by atoms with Gasteiger partial charge in [-0.15, -0.1) is 0 Å². The Bertz CT molecular complexity index is 1200. The molecule has 3 aromatic rings. The number of nitrogens with one attached hydrogen (secondary N) is 1. The van der Waals surface area contributed by atoms with Crippen LogP contribution >= 0.6 is 11.6 Å². The Labute approximate surface area is 199 Å². The number of carbonyl (C=O) groups excluding carboxylic acids is 1. The lowest BCUT2D eigenvalue weighted by Crippen LogP contribution is -2.23. The molecular formula is C25H26ClNO5S. The van der Waals surface area contributed by atoms with Gasteiger partial charge < -0.3 is 15.2 Å². The van der Waals surface area contributed by atoms with E-state index in [0.29, 0.717) is 30.3 Å². The third kappa shape index (κ3) is 6.88. The van der Waals surface area contributed by atoms with Crippen LogP contribution in [-0.4, -0.2) is 32.6 Å². The Hall–Kier alpha value is -2.71. The lowest BCUT2D eigenvalue weighted by atomic mass is 10.1. The molecule has 8 heteroatoms. The molecule has 0 radical (unpaired) electrons. The summed E-state index contributed by atoms with van der Waals surface area (Å²) in [5.41, 5.74) is 1.59. The maximum Gasteiger partial charge on any atom is 0.310 e. The van der Waals surface area contributed by atoms with Gasteiger partial charge in [0.1, 0.15) is 5.75 Å². The highest BCUT2D eigenvalue weighted by atomic mass is 35.5. The number of sulfone groups is 1. The Morgan fingerprint density at radius 1 is 1.03 bits per heavy atom. The topological polar surface area (TPSA) is 92.7 Å². The maximum atomic E-state index is 13.0. The summed E-state index contributed by atoms with van der Waals surface area (Å²) >= 11 is 5.96. The van der Waals surface area contributed by atoms with Crippen molar-refractivity contribution in [1.82, 2.24) is 5.32 Å². The summed E-state index contributed by atoms with van der Waals surface area (Å²) in [6.07, 6.45) is 0.147. The van der Waals surface area contributed by atoms with E-state index in [1.807, 2.05) is 12.1 Å². The van der Waals surface area contributed by atoms with Crippen molar-refractivity contribution in [2.75, 3.05) is 13.1 Å². The molecule has 174 valence electrons. The van der Waals surface area contributed by atoms with Gasteiger partial charge in [0, 0.05) is 18.0 Å². The fraction of sp³-hybridized carbons (Fsp3) is 0.240. The van der Waals surface area contributed by atoms with Crippen molar-refractivity contribution < 1.29 is 23.1 Å². The normalized spacial score (nSPS) is 12.3. The number of hydrogen-bond acceptors (Lipinski definition) is 6. The van der Waals surface area contributed by atoms with Gasteiger partial charge in [0.15, 0.2) is 0 Å². The average Bonchev–Trinajstić information content (AvgIpc) is 2.82. The molecule has 1 atom stereocenters. The Balaban J connectivity index is 1.59. The van der Waals surface area contributed by atoms with Gasteiger partial charge in [-0.25, -0.2) is 8.42 Å². The molecule has 0 heterocycles. The second-order valence-electron chi connectivity index (χ2n) is 7.47.